The molecule has 2 aliphatic rings. The van der Waals surface area contributed by atoms with Crippen molar-refractivity contribution in [2.75, 3.05) is 49.5 Å². The van der Waals surface area contributed by atoms with Gasteiger partial charge in [0.1, 0.15) is 5.82 Å². The van der Waals surface area contributed by atoms with Crippen LogP contribution in [0.3, 0.4) is 0 Å². The van der Waals surface area contributed by atoms with Crippen molar-refractivity contribution in [1.29, 1.82) is 0 Å². The van der Waals surface area contributed by atoms with Crippen LogP contribution in [0.25, 0.3) is 0 Å². The van der Waals surface area contributed by atoms with Crippen LogP contribution in [-0.2, 0) is 4.79 Å². The number of piperazine rings is 1. The third-order valence-electron chi connectivity index (χ3n) is 5.59. The second-order valence-electron chi connectivity index (χ2n) is 7.46. The number of hydrogen-bond acceptors (Lipinski definition) is 4. The number of piperidine rings is 1. The zero-order chi connectivity index (χ0) is 20.2. The molecular weight excluding hydrogens is 391 g/mol. The standard InChI is InChI=1S/C21H25FN4O2S/c22-17-6-1-2-7-18(17)24-10-12-25(13-11-24)20(27)16-5-3-9-26(15-16)21(28)23-19-8-4-14-29-19/h1-2,4,6-8,14,16H,3,5,9-13,15H2,(H,23,28). The number of carbonyl (C=O) groups is 2. The second-order valence-corrected chi connectivity index (χ2v) is 8.40. The number of rotatable bonds is 3. The zero-order valence-corrected chi connectivity index (χ0v) is 17.0. The van der Waals surface area contributed by atoms with Crippen molar-refractivity contribution in [2.45, 2.75) is 12.8 Å². The number of halogens is 1. The van der Waals surface area contributed by atoms with Crippen molar-refractivity contribution < 1.29 is 14.0 Å². The summed E-state index contributed by atoms with van der Waals surface area (Å²) in [7, 11) is 0. The van der Waals surface area contributed by atoms with E-state index in [-0.39, 0.29) is 23.7 Å². The molecule has 1 aromatic carbocycles. The summed E-state index contributed by atoms with van der Waals surface area (Å²) in [5.74, 6) is -0.295. The van der Waals surface area contributed by atoms with E-state index in [2.05, 4.69) is 5.32 Å². The Labute approximate surface area is 173 Å². The lowest BCUT2D eigenvalue weighted by molar-refractivity contribution is -0.137. The van der Waals surface area contributed by atoms with E-state index in [9.17, 15) is 14.0 Å². The molecule has 3 heterocycles. The van der Waals surface area contributed by atoms with Gasteiger partial charge in [0.15, 0.2) is 0 Å². The molecule has 1 unspecified atom stereocenters. The molecule has 0 aliphatic carbocycles. The molecule has 2 aliphatic heterocycles. The minimum atomic E-state index is -0.230. The number of urea groups is 1. The van der Waals surface area contributed by atoms with Crippen molar-refractivity contribution in [1.82, 2.24) is 9.80 Å². The third kappa shape index (κ3) is 4.53. The number of amides is 3. The van der Waals surface area contributed by atoms with Crippen LogP contribution in [0.1, 0.15) is 12.8 Å². The van der Waals surface area contributed by atoms with Crippen molar-refractivity contribution in [3.63, 3.8) is 0 Å². The summed E-state index contributed by atoms with van der Waals surface area (Å²) in [5, 5.41) is 5.63. The molecule has 2 fully saturated rings. The minimum absolute atomic E-state index is 0.104. The number of nitrogens with zero attached hydrogens (tertiary/aromatic N) is 3. The van der Waals surface area contributed by atoms with Gasteiger partial charge in [-0.2, -0.15) is 0 Å². The molecule has 3 amide bonds. The molecule has 0 radical (unpaired) electrons. The lowest BCUT2D eigenvalue weighted by atomic mass is 9.96. The first-order valence-electron chi connectivity index (χ1n) is 9.99. The van der Waals surface area contributed by atoms with Crippen LogP contribution >= 0.6 is 11.3 Å². The van der Waals surface area contributed by atoms with Crippen LogP contribution in [0.15, 0.2) is 41.8 Å². The van der Waals surface area contributed by atoms with Gasteiger partial charge in [-0.25, -0.2) is 9.18 Å². The Kier molecular flexibility index (Phi) is 5.99. The van der Waals surface area contributed by atoms with Crippen LogP contribution in [0.4, 0.5) is 19.9 Å². The maximum atomic E-state index is 14.0. The van der Waals surface area contributed by atoms with Crippen LogP contribution in [0.2, 0.25) is 0 Å². The van der Waals surface area contributed by atoms with E-state index in [1.165, 1.54) is 17.4 Å². The topological polar surface area (TPSA) is 55.9 Å². The Morgan fingerprint density at radius 2 is 1.79 bits per heavy atom. The van der Waals surface area contributed by atoms with Gasteiger partial charge in [-0.15, -0.1) is 11.3 Å². The number of anilines is 2. The summed E-state index contributed by atoms with van der Waals surface area (Å²) in [6, 6.07) is 10.4. The maximum absolute atomic E-state index is 14.0. The zero-order valence-electron chi connectivity index (χ0n) is 16.2. The molecule has 0 spiro atoms. The van der Waals surface area contributed by atoms with E-state index < -0.39 is 0 Å². The Morgan fingerprint density at radius 3 is 2.52 bits per heavy atom. The van der Waals surface area contributed by atoms with Gasteiger partial charge in [0.2, 0.25) is 5.91 Å². The summed E-state index contributed by atoms with van der Waals surface area (Å²) >= 11 is 1.48. The summed E-state index contributed by atoms with van der Waals surface area (Å²) in [4.78, 5) is 31.1. The fraction of sp³-hybridized carbons (Fsp3) is 0.429. The average molecular weight is 417 g/mol. The first-order chi connectivity index (χ1) is 14.1. The van der Waals surface area contributed by atoms with Gasteiger partial charge in [0.05, 0.1) is 16.6 Å². The summed E-state index contributed by atoms with van der Waals surface area (Å²) in [6.45, 7) is 3.49. The first kappa shape index (κ1) is 19.7. The molecular formula is C21H25FN4O2S. The minimum Gasteiger partial charge on any atom is -0.366 e. The normalized spacial score (nSPS) is 19.9. The van der Waals surface area contributed by atoms with Crippen molar-refractivity contribution >= 4 is 34.0 Å². The summed E-state index contributed by atoms with van der Waals surface area (Å²) < 4.78 is 14.0. The van der Waals surface area contributed by atoms with Crippen molar-refractivity contribution in [3.8, 4) is 0 Å². The molecule has 8 heteroatoms. The molecule has 1 aromatic heterocycles. The van der Waals surface area contributed by atoms with E-state index in [1.54, 1.807) is 17.0 Å². The SMILES string of the molecule is O=C(Nc1cccs1)N1CCCC(C(=O)N2CCN(c3ccccc3F)CC2)C1. The van der Waals surface area contributed by atoms with E-state index in [0.717, 1.165) is 17.8 Å². The highest BCUT2D eigenvalue weighted by molar-refractivity contribution is 7.14. The Bertz CT molecular complexity index is 852. The van der Waals surface area contributed by atoms with Gasteiger partial charge in [-0.3, -0.25) is 10.1 Å². The van der Waals surface area contributed by atoms with Gasteiger partial charge >= 0.3 is 6.03 Å². The van der Waals surface area contributed by atoms with E-state index >= 15 is 0 Å². The first-order valence-corrected chi connectivity index (χ1v) is 10.9. The largest absolute Gasteiger partial charge is 0.366 e. The number of carbonyl (C=O) groups excluding carboxylic acids is 2. The molecule has 1 N–H and O–H groups in total. The maximum Gasteiger partial charge on any atom is 0.322 e. The monoisotopic (exact) mass is 416 g/mol. The Morgan fingerprint density at radius 1 is 1.00 bits per heavy atom. The van der Waals surface area contributed by atoms with E-state index in [4.69, 9.17) is 0 Å². The molecule has 0 bridgehead atoms. The molecule has 2 saturated heterocycles. The summed E-state index contributed by atoms with van der Waals surface area (Å²) in [5.41, 5.74) is 0.591. The van der Waals surface area contributed by atoms with Gasteiger partial charge in [-0.05, 0) is 42.5 Å². The Balaban J connectivity index is 1.31. The molecule has 1 atom stereocenters. The molecule has 0 saturated carbocycles. The van der Waals surface area contributed by atoms with Crippen molar-refractivity contribution in [3.05, 3.63) is 47.6 Å². The second kappa shape index (κ2) is 8.82. The number of likely N-dealkylation sites (tertiary alicyclic amines) is 1. The van der Waals surface area contributed by atoms with Gasteiger partial charge in [-0.1, -0.05) is 12.1 Å². The van der Waals surface area contributed by atoms with Gasteiger partial charge in [0.25, 0.3) is 0 Å². The predicted molar refractivity (Wildman–Crippen MR) is 113 cm³/mol. The third-order valence-corrected chi connectivity index (χ3v) is 6.38. The molecule has 29 heavy (non-hydrogen) atoms. The summed E-state index contributed by atoms with van der Waals surface area (Å²) in [6.07, 6.45) is 1.62. The fourth-order valence-corrected chi connectivity index (χ4v) is 4.64. The highest BCUT2D eigenvalue weighted by Crippen LogP contribution is 2.24. The number of nitrogens with one attached hydrogen (secondary N) is 1. The number of para-hydroxylation sites is 1. The van der Waals surface area contributed by atoms with Crippen molar-refractivity contribution in [2.24, 2.45) is 5.92 Å². The van der Waals surface area contributed by atoms with E-state index in [1.807, 2.05) is 33.4 Å². The highest BCUT2D eigenvalue weighted by atomic mass is 32.1. The van der Waals surface area contributed by atoms with Crippen LogP contribution in [0, 0.1) is 11.7 Å². The lowest BCUT2D eigenvalue weighted by Crippen LogP contribution is -2.53. The predicted octanol–water partition coefficient (Wildman–Crippen LogP) is 3.48. The molecule has 6 nitrogen and oxygen atoms in total. The van der Waals surface area contributed by atoms with Gasteiger partial charge in [0, 0.05) is 39.3 Å². The quantitative estimate of drug-likeness (QED) is 0.834. The fourth-order valence-electron chi connectivity index (χ4n) is 4.03. The van der Waals surface area contributed by atoms with E-state index in [0.29, 0.717) is 45.0 Å². The molecule has 154 valence electrons. The molecule has 4 rings (SSSR count). The number of hydrogen-bond donors (Lipinski definition) is 1. The smallest absolute Gasteiger partial charge is 0.322 e. The van der Waals surface area contributed by atoms with Crippen LogP contribution in [-0.4, -0.2) is 61.0 Å². The van der Waals surface area contributed by atoms with Gasteiger partial charge < -0.3 is 14.7 Å². The number of thiophene rings is 1. The number of benzene rings is 1. The Hall–Kier alpha value is -2.61. The molecule has 2 aromatic rings. The van der Waals surface area contributed by atoms with Crippen LogP contribution < -0.4 is 10.2 Å². The van der Waals surface area contributed by atoms with Crippen LogP contribution in [0.5, 0.6) is 0 Å². The lowest BCUT2D eigenvalue weighted by Gasteiger charge is -2.39. The highest BCUT2D eigenvalue weighted by Gasteiger charge is 2.33. The average Bonchev–Trinajstić information content (AvgIpc) is 3.27.